The molecule has 0 unspecified atom stereocenters. The molecule has 1 amide bonds. The molecule has 1 aromatic rings. The van der Waals surface area contributed by atoms with Gasteiger partial charge in [0, 0.05) is 6.54 Å². The van der Waals surface area contributed by atoms with Crippen LogP contribution in [0, 0.1) is 19.8 Å². The molecule has 1 aromatic carbocycles. The van der Waals surface area contributed by atoms with Crippen molar-refractivity contribution in [1.82, 2.24) is 5.32 Å². The molecule has 0 aromatic heterocycles. The van der Waals surface area contributed by atoms with Crippen molar-refractivity contribution in [1.29, 1.82) is 0 Å². The predicted molar refractivity (Wildman–Crippen MR) is 94.7 cm³/mol. The Morgan fingerprint density at radius 1 is 1.17 bits per heavy atom. The summed E-state index contributed by atoms with van der Waals surface area (Å²) < 4.78 is 25.6. The van der Waals surface area contributed by atoms with E-state index in [0.717, 1.165) is 36.8 Å². The molecule has 0 radical (unpaired) electrons. The summed E-state index contributed by atoms with van der Waals surface area (Å²) in [5, 5.41) is 2.96. The molecule has 2 aliphatic rings. The van der Waals surface area contributed by atoms with Gasteiger partial charge < -0.3 is 5.32 Å². The molecule has 3 rings (SSSR count). The lowest BCUT2D eigenvalue weighted by atomic mass is 9.85. The van der Waals surface area contributed by atoms with Crippen LogP contribution < -0.4 is 5.32 Å². The third kappa shape index (κ3) is 2.87. The first-order valence-electron chi connectivity index (χ1n) is 8.97. The molecule has 2 aliphatic carbocycles. The third-order valence-electron chi connectivity index (χ3n) is 5.75. The smallest absolute Gasteiger partial charge is 0.241 e. The summed E-state index contributed by atoms with van der Waals surface area (Å²) in [6.07, 6.45) is 5.93. The van der Waals surface area contributed by atoms with Crippen LogP contribution in [-0.2, 0) is 14.6 Å². The first-order chi connectivity index (χ1) is 11.4. The number of carbonyl (C=O) groups excluding carboxylic acids is 1. The molecule has 0 saturated heterocycles. The zero-order chi connectivity index (χ0) is 17.4. The quantitative estimate of drug-likeness (QED) is 0.887. The summed E-state index contributed by atoms with van der Waals surface area (Å²) in [5.74, 6) is 0.239. The van der Waals surface area contributed by atoms with Crippen LogP contribution in [0.4, 0.5) is 0 Å². The molecule has 4 nitrogen and oxygen atoms in total. The third-order valence-corrected chi connectivity index (χ3v) is 8.39. The molecule has 2 saturated carbocycles. The molecule has 1 N–H and O–H groups in total. The molecule has 132 valence electrons. The van der Waals surface area contributed by atoms with Crippen LogP contribution >= 0.6 is 0 Å². The lowest BCUT2D eigenvalue weighted by Crippen LogP contribution is -2.52. The molecular weight excluding hydrogens is 322 g/mol. The minimum atomic E-state index is -3.70. The maximum Gasteiger partial charge on any atom is 0.241 e. The van der Waals surface area contributed by atoms with Crippen molar-refractivity contribution in [2.45, 2.75) is 68.4 Å². The van der Waals surface area contributed by atoms with E-state index in [1.54, 1.807) is 13.0 Å². The molecule has 0 bridgehead atoms. The number of hydrogen-bond acceptors (Lipinski definition) is 3. The standard InChI is InChI=1S/C19H27NO3S/c1-14-8-9-15(2)17(12-14)24(22,23)19(10-3-4-11-19)18(21)20-13-16-6-5-7-16/h8-9,12,16H,3-7,10-11,13H2,1-2H3,(H,20,21). The summed E-state index contributed by atoms with van der Waals surface area (Å²) in [6.45, 7) is 4.31. The molecule has 2 fully saturated rings. The highest BCUT2D eigenvalue weighted by atomic mass is 32.2. The van der Waals surface area contributed by atoms with Gasteiger partial charge in [-0.15, -0.1) is 0 Å². The summed E-state index contributed by atoms with van der Waals surface area (Å²) in [5.41, 5.74) is 1.63. The van der Waals surface area contributed by atoms with E-state index >= 15 is 0 Å². The molecule has 0 aliphatic heterocycles. The van der Waals surface area contributed by atoms with Gasteiger partial charge in [-0.1, -0.05) is 31.4 Å². The molecule has 0 atom stereocenters. The highest BCUT2D eigenvalue weighted by molar-refractivity contribution is 7.93. The molecule has 24 heavy (non-hydrogen) atoms. The van der Waals surface area contributed by atoms with Gasteiger partial charge in [0.15, 0.2) is 14.6 Å². The lowest BCUT2D eigenvalue weighted by Gasteiger charge is -2.31. The lowest BCUT2D eigenvalue weighted by molar-refractivity contribution is -0.123. The van der Waals surface area contributed by atoms with Gasteiger partial charge in [-0.25, -0.2) is 8.42 Å². The first-order valence-corrected chi connectivity index (χ1v) is 10.5. The van der Waals surface area contributed by atoms with E-state index in [-0.39, 0.29) is 5.91 Å². The monoisotopic (exact) mass is 349 g/mol. The van der Waals surface area contributed by atoms with E-state index in [9.17, 15) is 13.2 Å². The Kier molecular flexibility index (Phi) is 4.73. The van der Waals surface area contributed by atoms with Crippen LogP contribution in [0.3, 0.4) is 0 Å². The fraction of sp³-hybridized carbons (Fsp3) is 0.632. The normalized spacial score (nSPS) is 20.6. The number of nitrogens with one attached hydrogen (secondary N) is 1. The fourth-order valence-corrected chi connectivity index (χ4v) is 6.26. The number of hydrogen-bond donors (Lipinski definition) is 1. The average molecular weight is 349 g/mol. The highest BCUT2D eigenvalue weighted by Crippen LogP contribution is 2.42. The van der Waals surface area contributed by atoms with Crippen molar-refractivity contribution in [2.75, 3.05) is 6.54 Å². The van der Waals surface area contributed by atoms with Gasteiger partial charge in [-0.2, -0.15) is 0 Å². The largest absolute Gasteiger partial charge is 0.354 e. The fourth-order valence-electron chi connectivity index (χ4n) is 3.87. The molecule has 0 heterocycles. The van der Waals surface area contributed by atoms with Gasteiger partial charge >= 0.3 is 0 Å². The summed E-state index contributed by atoms with van der Waals surface area (Å²) in [4.78, 5) is 13.3. The Morgan fingerprint density at radius 3 is 2.42 bits per heavy atom. The first kappa shape index (κ1) is 17.5. The van der Waals surface area contributed by atoms with Gasteiger partial charge in [0.2, 0.25) is 5.91 Å². The minimum absolute atomic E-state index is 0.284. The zero-order valence-corrected chi connectivity index (χ0v) is 15.4. The summed E-state index contributed by atoms with van der Waals surface area (Å²) in [6, 6.07) is 5.45. The second kappa shape index (κ2) is 6.51. The molecular formula is C19H27NO3S. The van der Waals surface area contributed by atoms with Crippen LogP contribution in [-0.4, -0.2) is 25.6 Å². The average Bonchev–Trinajstić information content (AvgIpc) is 2.99. The van der Waals surface area contributed by atoms with Crippen molar-refractivity contribution in [3.8, 4) is 0 Å². The Balaban J connectivity index is 1.93. The Morgan fingerprint density at radius 2 is 1.83 bits per heavy atom. The number of rotatable bonds is 5. The van der Waals surface area contributed by atoms with Crippen molar-refractivity contribution < 1.29 is 13.2 Å². The van der Waals surface area contributed by atoms with Gasteiger partial charge in [0.05, 0.1) is 4.90 Å². The SMILES string of the molecule is Cc1ccc(C)c(S(=O)(=O)C2(C(=O)NCC3CCC3)CCCC2)c1. The van der Waals surface area contributed by atoms with Crippen LogP contribution in [0.5, 0.6) is 0 Å². The molecule has 0 spiro atoms. The van der Waals surface area contributed by atoms with E-state index in [4.69, 9.17) is 0 Å². The Labute approximate surface area is 145 Å². The van der Waals surface area contributed by atoms with E-state index in [0.29, 0.717) is 30.2 Å². The second-order valence-corrected chi connectivity index (χ2v) is 9.71. The van der Waals surface area contributed by atoms with Crippen LogP contribution in [0.2, 0.25) is 0 Å². The maximum absolute atomic E-state index is 13.4. The Hall–Kier alpha value is -1.36. The summed E-state index contributed by atoms with van der Waals surface area (Å²) >= 11 is 0. The number of carbonyl (C=O) groups is 1. The Bertz CT molecular complexity index is 729. The van der Waals surface area contributed by atoms with E-state index in [1.165, 1.54) is 6.42 Å². The second-order valence-electron chi connectivity index (χ2n) is 7.48. The van der Waals surface area contributed by atoms with Gasteiger partial charge in [-0.05, 0) is 62.6 Å². The van der Waals surface area contributed by atoms with Crippen molar-refractivity contribution >= 4 is 15.7 Å². The van der Waals surface area contributed by atoms with Crippen LogP contribution in [0.25, 0.3) is 0 Å². The van der Waals surface area contributed by atoms with Crippen molar-refractivity contribution in [3.63, 3.8) is 0 Å². The van der Waals surface area contributed by atoms with Gasteiger partial charge in [0.25, 0.3) is 0 Å². The number of sulfone groups is 1. The zero-order valence-electron chi connectivity index (χ0n) is 14.6. The predicted octanol–water partition coefficient (Wildman–Crippen LogP) is 3.31. The maximum atomic E-state index is 13.4. The van der Waals surface area contributed by atoms with Gasteiger partial charge in [0.1, 0.15) is 0 Å². The molecule has 5 heteroatoms. The summed E-state index contributed by atoms with van der Waals surface area (Å²) in [7, 11) is -3.70. The number of benzene rings is 1. The van der Waals surface area contributed by atoms with Crippen molar-refractivity contribution in [3.05, 3.63) is 29.3 Å². The van der Waals surface area contributed by atoms with E-state index in [1.807, 2.05) is 19.1 Å². The van der Waals surface area contributed by atoms with E-state index in [2.05, 4.69) is 5.32 Å². The van der Waals surface area contributed by atoms with Crippen LogP contribution in [0.1, 0.15) is 56.1 Å². The van der Waals surface area contributed by atoms with E-state index < -0.39 is 14.6 Å². The topological polar surface area (TPSA) is 63.2 Å². The van der Waals surface area contributed by atoms with Gasteiger partial charge in [-0.3, -0.25) is 4.79 Å². The van der Waals surface area contributed by atoms with Crippen LogP contribution in [0.15, 0.2) is 23.1 Å². The minimum Gasteiger partial charge on any atom is -0.354 e. The highest BCUT2D eigenvalue weighted by Gasteiger charge is 2.53. The number of aryl methyl sites for hydroxylation is 2. The van der Waals surface area contributed by atoms with Crippen molar-refractivity contribution in [2.24, 2.45) is 5.92 Å². The number of amides is 1.